The summed E-state index contributed by atoms with van der Waals surface area (Å²) in [6.07, 6.45) is 1.24. The second-order valence-corrected chi connectivity index (χ2v) is 4.03. The van der Waals surface area contributed by atoms with Crippen LogP contribution in [0.5, 0.6) is 0 Å². The molecule has 0 amide bonds. The van der Waals surface area contributed by atoms with Crippen LogP contribution < -0.4 is 0 Å². The van der Waals surface area contributed by atoms with Crippen molar-refractivity contribution in [2.45, 2.75) is 26.2 Å². The van der Waals surface area contributed by atoms with E-state index in [4.69, 9.17) is 2.74 Å². The fraction of sp³-hybridized carbons (Fsp3) is 0.636. The summed E-state index contributed by atoms with van der Waals surface area (Å²) in [5.74, 6) is -1.34. The van der Waals surface area contributed by atoms with Gasteiger partial charge >= 0.3 is 11.9 Å². The minimum absolute atomic E-state index is 0.00486. The van der Waals surface area contributed by atoms with Crippen molar-refractivity contribution in [2.75, 3.05) is 0 Å². The quantitative estimate of drug-likeness (QED) is 0.364. The van der Waals surface area contributed by atoms with Gasteiger partial charge in [0, 0.05) is 0 Å². The lowest BCUT2D eigenvalue weighted by Gasteiger charge is -2.24. The maximum Gasteiger partial charge on any atom is 0.317 e. The van der Waals surface area contributed by atoms with E-state index in [0.717, 1.165) is 0 Å². The molecule has 0 aromatic rings. The van der Waals surface area contributed by atoms with Gasteiger partial charge in [-0.1, -0.05) is 19.0 Å². The molecule has 0 bridgehead atoms. The smallest absolute Gasteiger partial charge is 0.317 e. The van der Waals surface area contributed by atoms with Crippen molar-refractivity contribution in [3.63, 3.8) is 0 Å². The van der Waals surface area contributed by atoms with Crippen molar-refractivity contribution in [2.24, 2.45) is 17.8 Å². The second-order valence-electron chi connectivity index (χ2n) is 4.03. The largest absolute Gasteiger partial charge is 0.393 e. The summed E-state index contributed by atoms with van der Waals surface area (Å²) in [6, 6.07) is 0.643. The summed E-state index contributed by atoms with van der Waals surface area (Å²) in [6.45, 7) is 1.88. The maximum atomic E-state index is 11.4. The molecule has 0 aromatic heterocycles. The van der Waals surface area contributed by atoms with Gasteiger partial charge in [0.1, 0.15) is 0 Å². The number of carbonyl (C=O) groups excluding carboxylic acids is 2. The molecule has 1 saturated heterocycles. The summed E-state index contributed by atoms with van der Waals surface area (Å²) >= 11 is 0. The number of cyclic esters (lactones) is 2. The van der Waals surface area contributed by atoms with Gasteiger partial charge in [-0.3, -0.25) is 9.59 Å². The van der Waals surface area contributed by atoms with Gasteiger partial charge in [0.2, 0.25) is 0 Å². The van der Waals surface area contributed by atoms with Crippen molar-refractivity contribution in [3.8, 4) is 0 Å². The van der Waals surface area contributed by atoms with Crippen molar-refractivity contribution in [1.29, 1.82) is 0 Å². The van der Waals surface area contributed by atoms with Gasteiger partial charge < -0.3 is 4.74 Å². The highest BCUT2D eigenvalue weighted by Gasteiger charge is 2.39. The number of esters is 2. The number of allylic oxidation sites excluding steroid dienone is 2. The van der Waals surface area contributed by atoms with Crippen LogP contribution in [-0.4, -0.2) is 11.9 Å². The minimum atomic E-state index is -0.463. The van der Waals surface area contributed by atoms with Crippen LogP contribution in [0, 0.1) is 17.8 Å². The molecule has 0 aromatic carbocycles. The number of ether oxygens (including phenoxy) is 1. The lowest BCUT2D eigenvalue weighted by Crippen LogP contribution is -2.22. The molecule has 0 spiro atoms. The zero-order valence-corrected chi connectivity index (χ0v) is 8.08. The topological polar surface area (TPSA) is 43.4 Å². The minimum Gasteiger partial charge on any atom is -0.393 e. The van der Waals surface area contributed by atoms with Gasteiger partial charge in [0.05, 0.1) is 15.1 Å². The van der Waals surface area contributed by atoms with Crippen LogP contribution in [-0.2, 0) is 14.3 Å². The first kappa shape index (κ1) is 7.21. The first-order chi connectivity index (χ1) is 7.49. The van der Waals surface area contributed by atoms with Gasteiger partial charge in [-0.25, -0.2) is 0 Å². The van der Waals surface area contributed by atoms with Crippen LogP contribution in [0.15, 0.2) is 12.1 Å². The molecule has 3 atom stereocenters. The van der Waals surface area contributed by atoms with Gasteiger partial charge in [0.25, 0.3) is 0 Å². The van der Waals surface area contributed by atoms with E-state index in [2.05, 4.69) is 4.74 Å². The predicted octanol–water partition coefficient (Wildman–Crippen LogP) is 1.68. The van der Waals surface area contributed by atoms with E-state index in [-0.39, 0.29) is 24.3 Å². The van der Waals surface area contributed by atoms with Crippen LogP contribution >= 0.6 is 0 Å². The third-order valence-corrected chi connectivity index (χ3v) is 2.84. The van der Waals surface area contributed by atoms with Crippen LogP contribution in [0.4, 0.5) is 0 Å². The number of rotatable bonds is 1. The molecule has 0 saturated carbocycles. The summed E-state index contributed by atoms with van der Waals surface area (Å²) in [4.78, 5) is 22.4. The fourth-order valence-corrected chi connectivity index (χ4v) is 2.12. The average Bonchev–Trinajstić information content (AvgIpc) is 2.53. The van der Waals surface area contributed by atoms with Crippen LogP contribution in [0.25, 0.3) is 0 Å². The van der Waals surface area contributed by atoms with Crippen molar-refractivity contribution >= 4 is 11.9 Å². The third kappa shape index (κ3) is 1.72. The summed E-state index contributed by atoms with van der Waals surface area (Å²) in [5, 5.41) is 0. The highest BCUT2D eigenvalue weighted by Crippen LogP contribution is 2.34. The molecule has 0 radical (unpaired) electrons. The SMILES string of the molecule is [2H]C1=C([2H])C(C)CC(C2CC(=O)OC2=O)C1. The Kier molecular flexibility index (Phi) is 1.83. The standard InChI is InChI=1S/C11H14O3/c1-7-3-2-4-8(5-7)9-6-10(12)14-11(9)13/h2-3,7-9H,4-6H2,1H3/i2D,3D. The molecule has 1 fully saturated rings. The van der Waals surface area contributed by atoms with E-state index in [9.17, 15) is 9.59 Å². The molecule has 3 unspecified atom stereocenters. The average molecular weight is 196 g/mol. The zero-order chi connectivity index (χ0) is 11.9. The van der Waals surface area contributed by atoms with Gasteiger partial charge in [0.15, 0.2) is 0 Å². The van der Waals surface area contributed by atoms with Crippen molar-refractivity contribution in [1.82, 2.24) is 0 Å². The molecular weight excluding hydrogens is 180 g/mol. The lowest BCUT2D eigenvalue weighted by molar-refractivity contribution is -0.153. The highest BCUT2D eigenvalue weighted by atomic mass is 16.6. The Balaban J connectivity index is 2.13. The molecule has 3 nitrogen and oxygen atoms in total. The predicted molar refractivity (Wildman–Crippen MR) is 50.2 cm³/mol. The number of carbonyl (C=O) groups is 2. The Bertz CT molecular complexity index is 375. The van der Waals surface area contributed by atoms with Crippen LogP contribution in [0.2, 0.25) is 0 Å². The van der Waals surface area contributed by atoms with Crippen LogP contribution in [0.1, 0.15) is 28.9 Å². The van der Waals surface area contributed by atoms with Crippen molar-refractivity contribution in [3.05, 3.63) is 12.1 Å². The van der Waals surface area contributed by atoms with Gasteiger partial charge in [-0.2, -0.15) is 0 Å². The lowest BCUT2D eigenvalue weighted by atomic mass is 9.78. The molecule has 1 heterocycles. The molecule has 0 N–H and O–H groups in total. The zero-order valence-electron chi connectivity index (χ0n) is 10.1. The molecule has 14 heavy (non-hydrogen) atoms. The highest BCUT2D eigenvalue weighted by molar-refractivity contribution is 5.94. The Morgan fingerprint density at radius 3 is 2.93 bits per heavy atom. The number of hydrogen-bond acceptors (Lipinski definition) is 3. The molecule has 3 heteroatoms. The Labute approximate surface area is 85.9 Å². The van der Waals surface area contributed by atoms with E-state index in [1.54, 1.807) is 0 Å². The normalized spacial score (nSPS) is 40.8. The summed E-state index contributed by atoms with van der Waals surface area (Å²) < 4.78 is 19.8. The second kappa shape index (κ2) is 3.56. The van der Waals surface area contributed by atoms with E-state index in [0.29, 0.717) is 18.9 Å². The van der Waals surface area contributed by atoms with Crippen molar-refractivity contribution < 1.29 is 17.1 Å². The maximum absolute atomic E-state index is 11.4. The Morgan fingerprint density at radius 1 is 1.57 bits per heavy atom. The van der Waals surface area contributed by atoms with Gasteiger partial charge in [-0.15, -0.1) is 0 Å². The molecule has 2 rings (SSSR count). The summed E-state index contributed by atoms with van der Waals surface area (Å²) in [5.41, 5.74) is 0. The summed E-state index contributed by atoms with van der Waals surface area (Å²) in [7, 11) is 0. The van der Waals surface area contributed by atoms with E-state index < -0.39 is 17.9 Å². The molecule has 2 aliphatic rings. The van der Waals surface area contributed by atoms with Crippen LogP contribution in [0.3, 0.4) is 0 Å². The fourth-order valence-electron chi connectivity index (χ4n) is 2.12. The van der Waals surface area contributed by atoms with E-state index in [1.165, 1.54) is 0 Å². The number of hydrogen-bond donors (Lipinski definition) is 0. The molecule has 1 aliphatic carbocycles. The van der Waals surface area contributed by atoms with E-state index >= 15 is 0 Å². The van der Waals surface area contributed by atoms with Gasteiger partial charge in [-0.05, 0) is 24.7 Å². The molecular formula is C11H14O3. The molecule has 1 aliphatic heterocycles. The molecule has 76 valence electrons. The van der Waals surface area contributed by atoms with E-state index in [1.807, 2.05) is 6.92 Å². The first-order valence-corrected chi connectivity index (χ1v) is 4.89. The Hall–Kier alpha value is -1.12. The third-order valence-electron chi connectivity index (χ3n) is 2.84. The Morgan fingerprint density at radius 2 is 2.36 bits per heavy atom. The monoisotopic (exact) mass is 196 g/mol. The first-order valence-electron chi connectivity index (χ1n) is 5.89.